The van der Waals surface area contributed by atoms with E-state index in [1.807, 2.05) is 6.92 Å². The van der Waals surface area contributed by atoms with E-state index in [-0.39, 0.29) is 11.6 Å². The number of ether oxygens (including phenoxy) is 2. The Bertz CT molecular complexity index is 772. The summed E-state index contributed by atoms with van der Waals surface area (Å²) in [6.07, 6.45) is 2.85. The molecule has 1 amide bonds. The van der Waals surface area contributed by atoms with E-state index >= 15 is 0 Å². The molecule has 136 valence electrons. The summed E-state index contributed by atoms with van der Waals surface area (Å²) in [6.45, 7) is 3.56. The molecule has 0 fully saturated rings. The smallest absolute Gasteiger partial charge is 0.270 e. The average molecular weight is 356 g/mol. The van der Waals surface area contributed by atoms with E-state index in [0.29, 0.717) is 36.8 Å². The Morgan fingerprint density at radius 1 is 1.19 bits per heavy atom. The van der Waals surface area contributed by atoms with Gasteiger partial charge in [0.25, 0.3) is 5.69 Å². The maximum atomic E-state index is 12.0. The Hall–Kier alpha value is -3.19. The van der Waals surface area contributed by atoms with Gasteiger partial charge in [-0.05, 0) is 42.8 Å². The molecule has 0 unspecified atom stereocenters. The summed E-state index contributed by atoms with van der Waals surface area (Å²) in [4.78, 5) is 22.2. The van der Waals surface area contributed by atoms with Gasteiger partial charge in [0.15, 0.2) is 0 Å². The number of nitrogens with zero attached hydrogens (tertiary/aromatic N) is 1. The van der Waals surface area contributed by atoms with Crippen LogP contribution in [0.25, 0.3) is 6.08 Å². The van der Waals surface area contributed by atoms with E-state index < -0.39 is 4.92 Å². The third-order valence-corrected chi connectivity index (χ3v) is 3.33. The maximum Gasteiger partial charge on any atom is 0.270 e. The van der Waals surface area contributed by atoms with Crippen molar-refractivity contribution in [2.75, 3.05) is 25.1 Å². The summed E-state index contributed by atoms with van der Waals surface area (Å²) < 4.78 is 10.7. The molecule has 2 aromatic rings. The van der Waals surface area contributed by atoms with Crippen molar-refractivity contribution >= 4 is 23.4 Å². The molecule has 0 aliphatic heterocycles. The van der Waals surface area contributed by atoms with E-state index in [9.17, 15) is 14.9 Å². The Morgan fingerprint density at radius 3 is 2.65 bits per heavy atom. The van der Waals surface area contributed by atoms with Crippen molar-refractivity contribution < 1.29 is 19.2 Å². The number of nitro benzene ring substituents is 1. The second-order valence-corrected chi connectivity index (χ2v) is 5.24. The van der Waals surface area contributed by atoms with Crippen molar-refractivity contribution in [1.29, 1.82) is 0 Å². The third-order valence-electron chi connectivity index (χ3n) is 3.33. The van der Waals surface area contributed by atoms with Crippen molar-refractivity contribution in [3.63, 3.8) is 0 Å². The number of amides is 1. The molecule has 0 radical (unpaired) electrons. The Morgan fingerprint density at radius 2 is 1.96 bits per heavy atom. The number of nitro groups is 1. The number of anilines is 1. The fraction of sp³-hybridized carbons (Fsp3) is 0.211. The Labute approximate surface area is 151 Å². The lowest BCUT2D eigenvalue weighted by molar-refractivity contribution is -0.384. The number of carbonyl (C=O) groups is 1. The zero-order chi connectivity index (χ0) is 18.8. The Balaban J connectivity index is 1.87. The SMILES string of the molecule is CCOCCOc1ccc(NC(=O)/C=C/c2cccc([N+](=O)[O-])c2)cc1. The van der Waals surface area contributed by atoms with Crippen molar-refractivity contribution in [3.8, 4) is 5.75 Å². The molecular weight excluding hydrogens is 336 g/mol. The molecule has 0 spiro atoms. The Kier molecular flexibility index (Phi) is 7.32. The predicted octanol–water partition coefficient (Wildman–Crippen LogP) is 3.66. The summed E-state index contributed by atoms with van der Waals surface area (Å²) in [6, 6.07) is 13.0. The van der Waals surface area contributed by atoms with Gasteiger partial charge in [0.1, 0.15) is 12.4 Å². The number of non-ortho nitro benzene ring substituents is 1. The van der Waals surface area contributed by atoms with E-state index in [4.69, 9.17) is 9.47 Å². The highest BCUT2D eigenvalue weighted by Crippen LogP contribution is 2.16. The average Bonchev–Trinajstić information content (AvgIpc) is 2.65. The molecule has 7 heteroatoms. The number of hydrogen-bond donors (Lipinski definition) is 1. The van der Waals surface area contributed by atoms with Crippen LogP contribution >= 0.6 is 0 Å². The molecular formula is C19H20N2O5. The molecule has 26 heavy (non-hydrogen) atoms. The molecule has 0 saturated carbocycles. The zero-order valence-corrected chi connectivity index (χ0v) is 14.4. The van der Waals surface area contributed by atoms with Crippen LogP contribution in [0.15, 0.2) is 54.6 Å². The van der Waals surface area contributed by atoms with Gasteiger partial charge in [0.2, 0.25) is 5.91 Å². The van der Waals surface area contributed by atoms with Crippen LogP contribution < -0.4 is 10.1 Å². The van der Waals surface area contributed by atoms with Crippen molar-refractivity contribution in [2.24, 2.45) is 0 Å². The van der Waals surface area contributed by atoms with Gasteiger partial charge in [-0.3, -0.25) is 14.9 Å². The molecule has 2 rings (SSSR count). The molecule has 0 aromatic heterocycles. The van der Waals surface area contributed by atoms with E-state index in [1.54, 1.807) is 36.4 Å². The van der Waals surface area contributed by atoms with E-state index in [2.05, 4.69) is 5.32 Å². The van der Waals surface area contributed by atoms with Crippen molar-refractivity contribution in [1.82, 2.24) is 0 Å². The van der Waals surface area contributed by atoms with E-state index in [0.717, 1.165) is 0 Å². The van der Waals surface area contributed by atoms with Crippen LogP contribution in [-0.4, -0.2) is 30.7 Å². The fourth-order valence-electron chi connectivity index (χ4n) is 2.10. The molecule has 0 saturated heterocycles. The maximum absolute atomic E-state index is 12.0. The molecule has 0 atom stereocenters. The van der Waals surface area contributed by atoms with Gasteiger partial charge in [-0.1, -0.05) is 12.1 Å². The first-order valence-electron chi connectivity index (χ1n) is 8.12. The van der Waals surface area contributed by atoms with Crippen LogP contribution in [0.5, 0.6) is 5.75 Å². The van der Waals surface area contributed by atoms with Gasteiger partial charge in [-0.15, -0.1) is 0 Å². The minimum atomic E-state index is -0.477. The number of hydrogen-bond acceptors (Lipinski definition) is 5. The summed E-state index contributed by atoms with van der Waals surface area (Å²) in [5.74, 6) is 0.358. The highest BCUT2D eigenvalue weighted by Gasteiger charge is 2.04. The third kappa shape index (κ3) is 6.37. The lowest BCUT2D eigenvalue weighted by atomic mass is 10.2. The molecule has 0 bridgehead atoms. The van der Waals surface area contributed by atoms with Crippen molar-refractivity contribution in [3.05, 3.63) is 70.3 Å². The first-order chi connectivity index (χ1) is 12.6. The minimum Gasteiger partial charge on any atom is -0.491 e. The number of benzene rings is 2. The lowest BCUT2D eigenvalue weighted by Crippen LogP contribution is -2.08. The van der Waals surface area contributed by atoms with Gasteiger partial charge >= 0.3 is 0 Å². The van der Waals surface area contributed by atoms with Crippen LogP contribution in [-0.2, 0) is 9.53 Å². The molecule has 0 heterocycles. The van der Waals surface area contributed by atoms with Crippen molar-refractivity contribution in [2.45, 2.75) is 6.92 Å². The number of nitrogens with one attached hydrogen (secondary N) is 1. The van der Waals surface area contributed by atoms with Gasteiger partial charge in [-0.2, -0.15) is 0 Å². The minimum absolute atomic E-state index is 0.0208. The summed E-state index contributed by atoms with van der Waals surface area (Å²) in [7, 11) is 0. The van der Waals surface area contributed by atoms with E-state index in [1.165, 1.54) is 24.3 Å². The van der Waals surface area contributed by atoms with Crippen LogP contribution in [0.4, 0.5) is 11.4 Å². The first-order valence-corrected chi connectivity index (χ1v) is 8.12. The van der Waals surface area contributed by atoms with Crippen LogP contribution in [0, 0.1) is 10.1 Å². The second kappa shape index (κ2) is 9.95. The lowest BCUT2D eigenvalue weighted by Gasteiger charge is -2.07. The predicted molar refractivity (Wildman–Crippen MR) is 99.2 cm³/mol. The molecule has 0 aliphatic rings. The summed E-state index contributed by atoms with van der Waals surface area (Å²) >= 11 is 0. The normalized spacial score (nSPS) is 10.7. The number of rotatable bonds is 9. The first kappa shape index (κ1) is 19.1. The van der Waals surface area contributed by atoms with Gasteiger partial charge in [0.05, 0.1) is 11.5 Å². The molecule has 1 N–H and O–H groups in total. The van der Waals surface area contributed by atoms with Gasteiger partial charge < -0.3 is 14.8 Å². The van der Waals surface area contributed by atoms with Gasteiger partial charge in [0, 0.05) is 30.5 Å². The quantitative estimate of drug-likeness (QED) is 0.320. The zero-order valence-electron chi connectivity index (χ0n) is 14.4. The van der Waals surface area contributed by atoms with Crippen LogP contribution in [0.1, 0.15) is 12.5 Å². The highest BCUT2D eigenvalue weighted by atomic mass is 16.6. The highest BCUT2D eigenvalue weighted by molar-refractivity contribution is 6.01. The fourth-order valence-corrected chi connectivity index (χ4v) is 2.10. The summed E-state index contributed by atoms with van der Waals surface area (Å²) in [5, 5.41) is 13.5. The summed E-state index contributed by atoms with van der Waals surface area (Å²) in [5.41, 5.74) is 1.18. The topological polar surface area (TPSA) is 90.7 Å². The van der Waals surface area contributed by atoms with Crippen LogP contribution in [0.3, 0.4) is 0 Å². The number of carbonyl (C=O) groups excluding carboxylic acids is 1. The monoisotopic (exact) mass is 356 g/mol. The molecule has 2 aromatic carbocycles. The largest absolute Gasteiger partial charge is 0.491 e. The van der Waals surface area contributed by atoms with Crippen LogP contribution in [0.2, 0.25) is 0 Å². The molecule has 0 aliphatic carbocycles. The second-order valence-electron chi connectivity index (χ2n) is 5.24. The molecule has 7 nitrogen and oxygen atoms in total. The van der Waals surface area contributed by atoms with Gasteiger partial charge in [-0.25, -0.2) is 0 Å². The standard InChI is InChI=1S/C19H20N2O5/c1-2-25-12-13-26-18-9-7-16(8-10-18)20-19(22)11-6-15-4-3-5-17(14-15)21(23)24/h3-11,14H,2,12-13H2,1H3,(H,20,22)/b11-6+.